The minimum Gasteiger partial charge on any atom is -0.464 e. The summed E-state index contributed by atoms with van der Waals surface area (Å²) in [6.07, 6.45) is 0.781. The van der Waals surface area contributed by atoms with E-state index in [-0.39, 0.29) is 18.5 Å². The number of carbonyl (C=O) groups excluding carboxylic acids is 2. The van der Waals surface area contributed by atoms with Crippen molar-refractivity contribution in [3.05, 3.63) is 30.3 Å². The van der Waals surface area contributed by atoms with Gasteiger partial charge in [0.05, 0.1) is 6.54 Å². The number of anilines is 1. The topological polar surface area (TPSA) is 46.6 Å². The van der Waals surface area contributed by atoms with Crippen LogP contribution < -0.4 is 4.90 Å². The molecule has 0 radical (unpaired) electrons. The van der Waals surface area contributed by atoms with E-state index in [4.69, 9.17) is 4.74 Å². The van der Waals surface area contributed by atoms with Crippen molar-refractivity contribution >= 4 is 17.6 Å². The fourth-order valence-electron chi connectivity index (χ4n) is 1.55. The van der Waals surface area contributed by atoms with Crippen molar-refractivity contribution in [1.29, 1.82) is 0 Å². The van der Waals surface area contributed by atoms with E-state index in [0.29, 0.717) is 19.4 Å². The smallest absolute Gasteiger partial charge is 0.305 e. The molecule has 4 heteroatoms. The molecule has 1 aromatic carbocycles. The number of amides is 1. The van der Waals surface area contributed by atoms with Crippen molar-refractivity contribution in [1.82, 2.24) is 0 Å². The molecule has 0 N–H and O–H groups in total. The van der Waals surface area contributed by atoms with Crippen LogP contribution in [0.25, 0.3) is 0 Å². The molecule has 1 rings (SSSR count). The van der Waals surface area contributed by atoms with Gasteiger partial charge in [0.1, 0.15) is 6.61 Å². The SMILES string of the molecule is CCC(=O)OCCN(C(=O)CC)c1ccccc1. The van der Waals surface area contributed by atoms with Crippen molar-refractivity contribution < 1.29 is 14.3 Å². The Bertz CT molecular complexity index is 389. The number of ether oxygens (including phenoxy) is 1. The zero-order chi connectivity index (χ0) is 13.4. The van der Waals surface area contributed by atoms with Crippen molar-refractivity contribution in [2.24, 2.45) is 0 Å². The van der Waals surface area contributed by atoms with E-state index in [9.17, 15) is 9.59 Å². The molecule has 0 saturated heterocycles. The average Bonchev–Trinajstić information content (AvgIpc) is 2.43. The Morgan fingerprint density at radius 2 is 1.78 bits per heavy atom. The van der Waals surface area contributed by atoms with E-state index in [2.05, 4.69) is 0 Å². The van der Waals surface area contributed by atoms with Gasteiger partial charge in [-0.25, -0.2) is 0 Å². The Balaban J connectivity index is 2.63. The maximum Gasteiger partial charge on any atom is 0.305 e. The lowest BCUT2D eigenvalue weighted by Crippen LogP contribution is -2.33. The van der Waals surface area contributed by atoms with E-state index in [1.54, 1.807) is 11.8 Å². The second kappa shape index (κ2) is 7.48. The predicted molar refractivity (Wildman–Crippen MR) is 70.3 cm³/mol. The molecule has 0 unspecified atom stereocenters. The molecular weight excluding hydrogens is 230 g/mol. The van der Waals surface area contributed by atoms with Gasteiger partial charge in [-0.2, -0.15) is 0 Å². The molecule has 0 bridgehead atoms. The van der Waals surface area contributed by atoms with Gasteiger partial charge in [-0.15, -0.1) is 0 Å². The Hall–Kier alpha value is -1.84. The number of hydrogen-bond acceptors (Lipinski definition) is 3. The first-order valence-electron chi connectivity index (χ1n) is 6.20. The summed E-state index contributed by atoms with van der Waals surface area (Å²) in [6.45, 7) is 4.18. The summed E-state index contributed by atoms with van der Waals surface area (Å²) >= 11 is 0. The molecule has 0 fully saturated rings. The number of rotatable bonds is 6. The summed E-state index contributed by atoms with van der Waals surface area (Å²) in [5.74, 6) is -0.222. The predicted octanol–water partition coefficient (Wildman–Crippen LogP) is 2.38. The Kier molecular flexibility index (Phi) is 5.91. The molecule has 98 valence electrons. The van der Waals surface area contributed by atoms with E-state index in [0.717, 1.165) is 5.69 Å². The number of nitrogens with zero attached hydrogens (tertiary/aromatic N) is 1. The number of hydrogen-bond donors (Lipinski definition) is 0. The van der Waals surface area contributed by atoms with Gasteiger partial charge in [-0.1, -0.05) is 32.0 Å². The average molecular weight is 249 g/mol. The zero-order valence-electron chi connectivity index (χ0n) is 10.9. The third-order valence-electron chi connectivity index (χ3n) is 2.54. The minimum absolute atomic E-state index is 0.0220. The molecule has 4 nitrogen and oxygen atoms in total. The highest BCUT2D eigenvalue weighted by Gasteiger charge is 2.13. The molecule has 18 heavy (non-hydrogen) atoms. The second-order valence-corrected chi connectivity index (χ2v) is 3.81. The van der Waals surface area contributed by atoms with Gasteiger partial charge in [0.25, 0.3) is 0 Å². The number of esters is 1. The van der Waals surface area contributed by atoms with Crippen LogP contribution >= 0.6 is 0 Å². The summed E-state index contributed by atoms with van der Waals surface area (Å²) in [4.78, 5) is 24.5. The molecule has 1 aromatic rings. The second-order valence-electron chi connectivity index (χ2n) is 3.81. The Morgan fingerprint density at radius 3 is 2.33 bits per heavy atom. The van der Waals surface area contributed by atoms with Gasteiger partial charge in [0.15, 0.2) is 0 Å². The Labute approximate surface area is 108 Å². The molecule has 0 aliphatic heterocycles. The van der Waals surface area contributed by atoms with Crippen molar-refractivity contribution in [3.8, 4) is 0 Å². The van der Waals surface area contributed by atoms with E-state index in [1.807, 2.05) is 37.3 Å². The molecule has 0 aromatic heterocycles. The van der Waals surface area contributed by atoms with Crippen LogP contribution in [0.2, 0.25) is 0 Å². The van der Waals surface area contributed by atoms with Crippen LogP contribution in [0.5, 0.6) is 0 Å². The molecule has 0 heterocycles. The van der Waals surface area contributed by atoms with Crippen LogP contribution in [-0.4, -0.2) is 25.0 Å². The van der Waals surface area contributed by atoms with Crippen LogP contribution in [-0.2, 0) is 14.3 Å². The quantitative estimate of drug-likeness (QED) is 0.727. The van der Waals surface area contributed by atoms with Crippen LogP contribution in [0, 0.1) is 0 Å². The number of para-hydroxylation sites is 1. The number of carbonyl (C=O) groups is 2. The van der Waals surface area contributed by atoms with Crippen LogP contribution in [0.15, 0.2) is 30.3 Å². The highest BCUT2D eigenvalue weighted by molar-refractivity contribution is 5.93. The summed E-state index contributed by atoms with van der Waals surface area (Å²) in [5.41, 5.74) is 0.830. The van der Waals surface area contributed by atoms with Gasteiger partial charge >= 0.3 is 5.97 Å². The minimum atomic E-state index is -0.244. The monoisotopic (exact) mass is 249 g/mol. The normalized spacial score (nSPS) is 9.89. The lowest BCUT2D eigenvalue weighted by Gasteiger charge is -2.22. The number of benzene rings is 1. The van der Waals surface area contributed by atoms with E-state index >= 15 is 0 Å². The van der Waals surface area contributed by atoms with E-state index in [1.165, 1.54) is 0 Å². The third-order valence-corrected chi connectivity index (χ3v) is 2.54. The summed E-state index contributed by atoms with van der Waals surface area (Å²) in [6, 6.07) is 9.40. The van der Waals surface area contributed by atoms with Gasteiger partial charge in [0.2, 0.25) is 5.91 Å². The van der Waals surface area contributed by atoms with Crippen LogP contribution in [0.1, 0.15) is 26.7 Å². The van der Waals surface area contributed by atoms with Gasteiger partial charge in [0, 0.05) is 18.5 Å². The maximum absolute atomic E-state index is 11.8. The zero-order valence-corrected chi connectivity index (χ0v) is 10.9. The fourth-order valence-corrected chi connectivity index (χ4v) is 1.55. The molecule has 1 amide bonds. The first-order valence-corrected chi connectivity index (χ1v) is 6.20. The van der Waals surface area contributed by atoms with Crippen LogP contribution in [0.4, 0.5) is 5.69 Å². The first-order chi connectivity index (χ1) is 8.69. The van der Waals surface area contributed by atoms with Crippen LogP contribution in [0.3, 0.4) is 0 Å². The van der Waals surface area contributed by atoms with Gasteiger partial charge < -0.3 is 9.64 Å². The maximum atomic E-state index is 11.8. The molecule has 0 atom stereocenters. The van der Waals surface area contributed by atoms with Crippen molar-refractivity contribution in [2.45, 2.75) is 26.7 Å². The van der Waals surface area contributed by atoms with E-state index < -0.39 is 0 Å². The molecule has 0 spiro atoms. The first kappa shape index (κ1) is 14.2. The Morgan fingerprint density at radius 1 is 1.11 bits per heavy atom. The highest BCUT2D eigenvalue weighted by atomic mass is 16.5. The third kappa shape index (κ3) is 4.20. The van der Waals surface area contributed by atoms with Crippen molar-refractivity contribution in [3.63, 3.8) is 0 Å². The van der Waals surface area contributed by atoms with Gasteiger partial charge in [-0.3, -0.25) is 9.59 Å². The summed E-state index contributed by atoms with van der Waals surface area (Å²) < 4.78 is 5.00. The highest BCUT2D eigenvalue weighted by Crippen LogP contribution is 2.14. The lowest BCUT2D eigenvalue weighted by atomic mass is 10.2. The summed E-state index contributed by atoms with van der Waals surface area (Å²) in [5, 5.41) is 0. The molecule has 0 saturated carbocycles. The summed E-state index contributed by atoms with van der Waals surface area (Å²) in [7, 11) is 0. The lowest BCUT2D eigenvalue weighted by molar-refractivity contribution is -0.143. The largest absolute Gasteiger partial charge is 0.464 e. The standard InChI is InChI=1S/C14H19NO3/c1-3-13(16)15(10-11-18-14(17)4-2)12-8-6-5-7-9-12/h5-9H,3-4,10-11H2,1-2H3. The van der Waals surface area contributed by atoms with Crippen molar-refractivity contribution in [2.75, 3.05) is 18.1 Å². The van der Waals surface area contributed by atoms with Gasteiger partial charge in [-0.05, 0) is 12.1 Å². The molecule has 0 aliphatic rings. The fraction of sp³-hybridized carbons (Fsp3) is 0.429. The molecule has 0 aliphatic carbocycles. The molecular formula is C14H19NO3.